The van der Waals surface area contributed by atoms with Crippen molar-refractivity contribution < 1.29 is 8.78 Å². The molecule has 0 saturated heterocycles. The molecule has 1 atom stereocenters. The summed E-state index contributed by atoms with van der Waals surface area (Å²) in [5, 5.41) is 0. The molecule has 0 amide bonds. The molecule has 0 fully saturated rings. The Morgan fingerprint density at radius 1 is 1.10 bits per heavy atom. The molecule has 0 bridgehead atoms. The van der Waals surface area contributed by atoms with Crippen molar-refractivity contribution in [1.82, 2.24) is 9.80 Å². The van der Waals surface area contributed by atoms with E-state index in [9.17, 15) is 8.78 Å². The fourth-order valence-electron chi connectivity index (χ4n) is 2.09. The largest absolute Gasteiger partial charge is 0.324 e. The third-order valence-corrected chi connectivity index (χ3v) is 3.35. The van der Waals surface area contributed by atoms with Gasteiger partial charge in [0.05, 0.1) is 0 Å². The van der Waals surface area contributed by atoms with Gasteiger partial charge >= 0.3 is 0 Å². The average Bonchev–Trinajstić information content (AvgIpc) is 2.38. The fraction of sp³-hybridized carbons (Fsp3) is 0.600. The van der Waals surface area contributed by atoms with Crippen molar-refractivity contribution in [3.05, 3.63) is 35.4 Å². The minimum atomic E-state index is -0.836. The molecule has 0 spiro atoms. The highest BCUT2D eigenvalue weighted by atomic mass is 19.2. The molecule has 0 saturated carbocycles. The van der Waals surface area contributed by atoms with Crippen molar-refractivity contribution in [2.45, 2.75) is 18.9 Å². The Labute approximate surface area is 120 Å². The van der Waals surface area contributed by atoms with Crippen LogP contribution in [-0.2, 0) is 0 Å². The van der Waals surface area contributed by atoms with Crippen LogP contribution in [0, 0.1) is 11.6 Å². The maximum atomic E-state index is 13.6. The Morgan fingerprint density at radius 2 is 1.80 bits per heavy atom. The van der Waals surface area contributed by atoms with E-state index >= 15 is 0 Å². The summed E-state index contributed by atoms with van der Waals surface area (Å²) in [4.78, 5) is 4.31. The van der Waals surface area contributed by atoms with E-state index < -0.39 is 17.7 Å². The molecular formula is C15H25F2N3. The molecule has 0 aliphatic heterocycles. The lowest BCUT2D eigenvalue weighted by atomic mass is 10.0. The molecule has 5 heteroatoms. The number of nitrogens with zero attached hydrogens (tertiary/aromatic N) is 2. The number of halogens is 2. The Kier molecular flexibility index (Phi) is 7.05. The number of benzene rings is 1. The molecule has 2 N–H and O–H groups in total. The van der Waals surface area contributed by atoms with Crippen LogP contribution in [-0.4, -0.2) is 50.6 Å². The van der Waals surface area contributed by atoms with Crippen LogP contribution in [0.4, 0.5) is 8.78 Å². The first-order chi connectivity index (χ1) is 9.41. The van der Waals surface area contributed by atoms with E-state index in [4.69, 9.17) is 5.73 Å². The zero-order valence-corrected chi connectivity index (χ0v) is 12.6. The highest BCUT2D eigenvalue weighted by Gasteiger charge is 2.15. The van der Waals surface area contributed by atoms with Crippen LogP contribution in [0.25, 0.3) is 0 Å². The Hall–Kier alpha value is -1.04. The number of hydrogen-bond acceptors (Lipinski definition) is 3. The molecule has 1 rings (SSSR count). The van der Waals surface area contributed by atoms with Gasteiger partial charge < -0.3 is 15.5 Å². The fourth-order valence-corrected chi connectivity index (χ4v) is 2.09. The van der Waals surface area contributed by atoms with Gasteiger partial charge in [-0.25, -0.2) is 8.78 Å². The second-order valence-electron chi connectivity index (χ2n) is 5.50. The standard InChI is InChI=1S/C15H25F2N3/c1-19(2)9-5-10-20(3)11-8-14(18)12-6-4-7-13(16)15(12)17/h4,6-7,14H,5,8-11,18H2,1-3H3. The van der Waals surface area contributed by atoms with E-state index in [-0.39, 0.29) is 5.56 Å². The summed E-state index contributed by atoms with van der Waals surface area (Å²) in [5.74, 6) is -1.66. The molecular weight excluding hydrogens is 260 g/mol. The van der Waals surface area contributed by atoms with Crippen LogP contribution in [0.5, 0.6) is 0 Å². The van der Waals surface area contributed by atoms with Gasteiger partial charge in [0.25, 0.3) is 0 Å². The highest BCUT2D eigenvalue weighted by molar-refractivity contribution is 5.22. The quantitative estimate of drug-likeness (QED) is 0.795. The summed E-state index contributed by atoms with van der Waals surface area (Å²) < 4.78 is 26.7. The van der Waals surface area contributed by atoms with E-state index in [1.54, 1.807) is 6.07 Å². The molecule has 1 aromatic rings. The summed E-state index contributed by atoms with van der Waals surface area (Å²) in [6.45, 7) is 2.77. The van der Waals surface area contributed by atoms with Crippen LogP contribution in [0.1, 0.15) is 24.4 Å². The third kappa shape index (κ3) is 5.53. The van der Waals surface area contributed by atoms with Gasteiger partial charge in [-0.1, -0.05) is 12.1 Å². The lowest BCUT2D eigenvalue weighted by Gasteiger charge is -2.20. The molecule has 114 valence electrons. The van der Waals surface area contributed by atoms with E-state index in [1.807, 2.05) is 21.1 Å². The number of rotatable bonds is 8. The second-order valence-corrected chi connectivity index (χ2v) is 5.50. The first-order valence-electron chi connectivity index (χ1n) is 6.94. The number of nitrogens with two attached hydrogens (primary N) is 1. The summed E-state index contributed by atoms with van der Waals surface area (Å²) in [7, 11) is 6.11. The van der Waals surface area contributed by atoms with E-state index in [0.29, 0.717) is 6.42 Å². The first kappa shape index (κ1) is 17.0. The van der Waals surface area contributed by atoms with E-state index in [2.05, 4.69) is 9.80 Å². The van der Waals surface area contributed by atoms with Crippen molar-refractivity contribution in [2.24, 2.45) is 5.73 Å². The molecule has 0 aliphatic rings. The normalized spacial score (nSPS) is 13.2. The topological polar surface area (TPSA) is 32.5 Å². The van der Waals surface area contributed by atoms with Crippen LogP contribution >= 0.6 is 0 Å². The predicted octanol–water partition coefficient (Wildman–Crippen LogP) is 2.24. The molecule has 20 heavy (non-hydrogen) atoms. The van der Waals surface area contributed by atoms with Gasteiger partial charge in [0.2, 0.25) is 0 Å². The summed E-state index contributed by atoms with van der Waals surface area (Å²) in [6, 6.07) is 3.68. The van der Waals surface area contributed by atoms with Gasteiger partial charge in [0.15, 0.2) is 11.6 Å². The second kappa shape index (κ2) is 8.29. The van der Waals surface area contributed by atoms with Crippen molar-refractivity contribution >= 4 is 0 Å². The van der Waals surface area contributed by atoms with Gasteiger partial charge in [-0.2, -0.15) is 0 Å². The summed E-state index contributed by atoms with van der Waals surface area (Å²) >= 11 is 0. The molecule has 0 radical (unpaired) electrons. The minimum absolute atomic E-state index is 0.256. The summed E-state index contributed by atoms with van der Waals surface area (Å²) in [6.07, 6.45) is 1.69. The van der Waals surface area contributed by atoms with Crippen molar-refractivity contribution in [3.8, 4) is 0 Å². The van der Waals surface area contributed by atoms with Gasteiger partial charge in [0.1, 0.15) is 0 Å². The molecule has 3 nitrogen and oxygen atoms in total. The van der Waals surface area contributed by atoms with Crippen LogP contribution in [0.2, 0.25) is 0 Å². The van der Waals surface area contributed by atoms with E-state index in [1.165, 1.54) is 6.07 Å². The average molecular weight is 285 g/mol. The van der Waals surface area contributed by atoms with Crippen molar-refractivity contribution in [1.29, 1.82) is 0 Å². The van der Waals surface area contributed by atoms with E-state index in [0.717, 1.165) is 32.1 Å². The first-order valence-corrected chi connectivity index (χ1v) is 6.94. The molecule has 1 unspecified atom stereocenters. The Balaban J connectivity index is 2.39. The number of hydrogen-bond donors (Lipinski definition) is 1. The van der Waals surface area contributed by atoms with Crippen molar-refractivity contribution in [2.75, 3.05) is 40.8 Å². The summed E-state index contributed by atoms with van der Waals surface area (Å²) in [5.41, 5.74) is 6.20. The molecule has 0 heterocycles. The van der Waals surface area contributed by atoms with Gasteiger partial charge in [-0.3, -0.25) is 0 Å². The zero-order chi connectivity index (χ0) is 15.1. The van der Waals surface area contributed by atoms with Crippen molar-refractivity contribution in [3.63, 3.8) is 0 Å². The molecule has 0 aliphatic carbocycles. The van der Waals surface area contributed by atoms with Crippen LogP contribution < -0.4 is 5.73 Å². The zero-order valence-electron chi connectivity index (χ0n) is 12.6. The lowest BCUT2D eigenvalue weighted by molar-refractivity contribution is 0.290. The minimum Gasteiger partial charge on any atom is -0.324 e. The van der Waals surface area contributed by atoms with Gasteiger partial charge in [-0.15, -0.1) is 0 Å². The van der Waals surface area contributed by atoms with Gasteiger partial charge in [0, 0.05) is 11.6 Å². The maximum absolute atomic E-state index is 13.6. The molecule has 0 aromatic heterocycles. The monoisotopic (exact) mass is 285 g/mol. The smallest absolute Gasteiger partial charge is 0.163 e. The van der Waals surface area contributed by atoms with Crippen LogP contribution in [0.3, 0.4) is 0 Å². The highest BCUT2D eigenvalue weighted by Crippen LogP contribution is 2.20. The third-order valence-electron chi connectivity index (χ3n) is 3.35. The lowest BCUT2D eigenvalue weighted by Crippen LogP contribution is -2.27. The Morgan fingerprint density at radius 3 is 2.45 bits per heavy atom. The van der Waals surface area contributed by atoms with Gasteiger partial charge in [-0.05, 0) is 59.7 Å². The van der Waals surface area contributed by atoms with Crippen LogP contribution in [0.15, 0.2) is 18.2 Å². The Bertz CT molecular complexity index is 410. The molecule has 1 aromatic carbocycles. The predicted molar refractivity (Wildman–Crippen MR) is 78.6 cm³/mol. The maximum Gasteiger partial charge on any atom is 0.163 e. The SMILES string of the molecule is CN(C)CCCN(C)CCC(N)c1cccc(F)c1F.